The fourth-order valence-corrected chi connectivity index (χ4v) is 2.63. The molecular formula is C18H22N2S. The lowest BCUT2D eigenvalue weighted by atomic mass is 10.1. The van der Waals surface area contributed by atoms with Crippen molar-refractivity contribution in [3.8, 4) is 0 Å². The van der Waals surface area contributed by atoms with Gasteiger partial charge in [0.25, 0.3) is 0 Å². The maximum atomic E-state index is 5.47. The Kier molecular flexibility index (Phi) is 5.34. The number of hydrogen-bond acceptors (Lipinski definition) is 1. The predicted molar refractivity (Wildman–Crippen MR) is 96.2 cm³/mol. The summed E-state index contributed by atoms with van der Waals surface area (Å²) in [5.74, 6) is 0. The zero-order valence-electron chi connectivity index (χ0n) is 12.9. The van der Waals surface area contributed by atoms with Gasteiger partial charge in [-0.3, -0.25) is 0 Å². The second-order valence-electron chi connectivity index (χ2n) is 5.05. The van der Waals surface area contributed by atoms with Crippen molar-refractivity contribution < 1.29 is 0 Å². The molecule has 21 heavy (non-hydrogen) atoms. The van der Waals surface area contributed by atoms with E-state index >= 15 is 0 Å². The Morgan fingerprint density at radius 2 is 1.57 bits per heavy atom. The molecule has 2 nitrogen and oxygen atoms in total. The average Bonchev–Trinajstić information content (AvgIpc) is 2.49. The standard InChI is InChI=1S/C18H22N2S/c1-4-14-10-6-7-12-16(14)19-18(21)20-17-13(3)9-8-11-15(17)5-2/h6-12H,4-5H2,1-3H3,(H2,19,20,21). The van der Waals surface area contributed by atoms with Crippen LogP contribution in [0.1, 0.15) is 30.5 Å². The largest absolute Gasteiger partial charge is 0.332 e. The van der Waals surface area contributed by atoms with Crippen LogP contribution in [0.2, 0.25) is 0 Å². The van der Waals surface area contributed by atoms with Crippen LogP contribution < -0.4 is 10.6 Å². The summed E-state index contributed by atoms with van der Waals surface area (Å²) in [4.78, 5) is 0. The first kappa shape index (κ1) is 15.5. The Balaban J connectivity index is 2.16. The highest BCUT2D eigenvalue weighted by atomic mass is 32.1. The second kappa shape index (κ2) is 7.23. The molecule has 0 radical (unpaired) electrons. The minimum Gasteiger partial charge on any atom is -0.332 e. The van der Waals surface area contributed by atoms with Gasteiger partial charge in [0.05, 0.1) is 0 Å². The van der Waals surface area contributed by atoms with Crippen LogP contribution in [0.15, 0.2) is 42.5 Å². The normalized spacial score (nSPS) is 10.2. The lowest BCUT2D eigenvalue weighted by molar-refractivity contribution is 1.13. The van der Waals surface area contributed by atoms with Gasteiger partial charge < -0.3 is 10.6 Å². The first-order valence-electron chi connectivity index (χ1n) is 7.40. The van der Waals surface area contributed by atoms with E-state index in [4.69, 9.17) is 12.2 Å². The summed E-state index contributed by atoms with van der Waals surface area (Å²) in [5, 5.41) is 7.30. The smallest absolute Gasteiger partial charge is 0.175 e. The number of rotatable bonds is 4. The zero-order valence-corrected chi connectivity index (χ0v) is 13.7. The maximum absolute atomic E-state index is 5.47. The van der Waals surface area contributed by atoms with Gasteiger partial charge >= 0.3 is 0 Å². The molecule has 0 heterocycles. The van der Waals surface area contributed by atoms with Crippen molar-refractivity contribution in [1.82, 2.24) is 0 Å². The number of para-hydroxylation sites is 2. The first-order valence-corrected chi connectivity index (χ1v) is 7.81. The minimum atomic E-state index is 0.639. The predicted octanol–water partition coefficient (Wildman–Crippen LogP) is 4.93. The minimum absolute atomic E-state index is 0.639. The maximum Gasteiger partial charge on any atom is 0.175 e. The fourth-order valence-electron chi connectivity index (χ4n) is 2.42. The monoisotopic (exact) mass is 298 g/mol. The van der Waals surface area contributed by atoms with Crippen molar-refractivity contribution in [3.05, 3.63) is 59.2 Å². The van der Waals surface area contributed by atoms with Crippen LogP contribution >= 0.6 is 12.2 Å². The molecule has 0 saturated carbocycles. The van der Waals surface area contributed by atoms with Crippen molar-refractivity contribution in [2.45, 2.75) is 33.6 Å². The molecule has 0 aliphatic rings. The number of nitrogens with one attached hydrogen (secondary N) is 2. The SMILES string of the molecule is CCc1ccccc1NC(=S)Nc1c(C)cccc1CC. The summed E-state index contributed by atoms with van der Waals surface area (Å²) < 4.78 is 0. The van der Waals surface area contributed by atoms with Crippen LogP contribution in [-0.2, 0) is 12.8 Å². The molecule has 0 spiro atoms. The van der Waals surface area contributed by atoms with Gasteiger partial charge in [0.1, 0.15) is 0 Å². The van der Waals surface area contributed by atoms with Crippen molar-refractivity contribution in [1.29, 1.82) is 0 Å². The Morgan fingerprint density at radius 3 is 2.29 bits per heavy atom. The zero-order chi connectivity index (χ0) is 15.2. The highest BCUT2D eigenvalue weighted by Gasteiger charge is 2.07. The molecule has 2 aromatic rings. The van der Waals surface area contributed by atoms with Crippen LogP contribution in [0.25, 0.3) is 0 Å². The van der Waals surface area contributed by atoms with Gasteiger partial charge in [-0.2, -0.15) is 0 Å². The van der Waals surface area contributed by atoms with Gasteiger partial charge in [0.2, 0.25) is 0 Å². The molecule has 0 fully saturated rings. The van der Waals surface area contributed by atoms with E-state index in [1.54, 1.807) is 0 Å². The highest BCUT2D eigenvalue weighted by Crippen LogP contribution is 2.22. The summed E-state index contributed by atoms with van der Waals surface area (Å²) >= 11 is 5.47. The molecule has 0 amide bonds. The molecule has 0 aliphatic carbocycles. The quantitative estimate of drug-likeness (QED) is 0.783. The highest BCUT2D eigenvalue weighted by molar-refractivity contribution is 7.80. The van der Waals surface area contributed by atoms with Crippen molar-refractivity contribution in [2.24, 2.45) is 0 Å². The number of benzene rings is 2. The molecule has 0 bridgehead atoms. The van der Waals surface area contributed by atoms with Crippen molar-refractivity contribution >= 4 is 28.7 Å². The molecular weight excluding hydrogens is 276 g/mol. The third kappa shape index (κ3) is 3.82. The number of hydrogen-bond donors (Lipinski definition) is 2. The van der Waals surface area contributed by atoms with E-state index in [0.29, 0.717) is 5.11 Å². The molecule has 0 aromatic heterocycles. The van der Waals surface area contributed by atoms with E-state index in [0.717, 1.165) is 24.2 Å². The fraction of sp³-hybridized carbons (Fsp3) is 0.278. The van der Waals surface area contributed by atoms with Gasteiger partial charge in [-0.25, -0.2) is 0 Å². The third-order valence-corrected chi connectivity index (χ3v) is 3.83. The van der Waals surface area contributed by atoms with Gasteiger partial charge in [0, 0.05) is 11.4 Å². The van der Waals surface area contributed by atoms with Crippen LogP contribution in [-0.4, -0.2) is 5.11 Å². The van der Waals surface area contributed by atoms with E-state index in [2.05, 4.69) is 67.8 Å². The van der Waals surface area contributed by atoms with Crippen LogP contribution in [0.5, 0.6) is 0 Å². The van der Waals surface area contributed by atoms with E-state index in [-0.39, 0.29) is 0 Å². The third-order valence-electron chi connectivity index (χ3n) is 3.62. The van der Waals surface area contributed by atoms with Crippen molar-refractivity contribution in [2.75, 3.05) is 10.6 Å². The van der Waals surface area contributed by atoms with Crippen LogP contribution in [0, 0.1) is 6.92 Å². The van der Waals surface area contributed by atoms with Crippen molar-refractivity contribution in [3.63, 3.8) is 0 Å². The van der Waals surface area contributed by atoms with E-state index in [1.165, 1.54) is 16.7 Å². The lowest BCUT2D eigenvalue weighted by Crippen LogP contribution is -2.21. The molecule has 2 aromatic carbocycles. The molecule has 2 rings (SSSR count). The lowest BCUT2D eigenvalue weighted by Gasteiger charge is -2.17. The van der Waals surface area contributed by atoms with Gasteiger partial charge in [-0.15, -0.1) is 0 Å². The average molecular weight is 298 g/mol. The molecule has 0 atom stereocenters. The summed E-state index contributed by atoms with van der Waals surface area (Å²) in [6.07, 6.45) is 1.97. The number of aryl methyl sites for hydroxylation is 3. The molecule has 2 N–H and O–H groups in total. The van der Waals surface area contributed by atoms with Gasteiger partial charge in [-0.05, 0) is 54.7 Å². The van der Waals surface area contributed by atoms with Crippen LogP contribution in [0.4, 0.5) is 11.4 Å². The van der Waals surface area contributed by atoms with Crippen LogP contribution in [0.3, 0.4) is 0 Å². The summed E-state index contributed by atoms with van der Waals surface area (Å²) in [6.45, 7) is 6.40. The Morgan fingerprint density at radius 1 is 0.905 bits per heavy atom. The van der Waals surface area contributed by atoms with Gasteiger partial charge in [-0.1, -0.05) is 50.2 Å². The van der Waals surface area contributed by atoms with E-state index < -0.39 is 0 Å². The summed E-state index contributed by atoms with van der Waals surface area (Å²) in [7, 11) is 0. The Bertz CT molecular complexity index is 635. The van der Waals surface area contributed by atoms with Gasteiger partial charge in [0.15, 0.2) is 5.11 Å². The van der Waals surface area contributed by atoms with E-state index in [9.17, 15) is 0 Å². The topological polar surface area (TPSA) is 24.1 Å². The number of anilines is 2. The Labute approximate surface area is 132 Å². The number of thiocarbonyl (C=S) groups is 1. The summed E-state index contributed by atoms with van der Waals surface area (Å²) in [5.41, 5.74) is 5.95. The second-order valence-corrected chi connectivity index (χ2v) is 5.46. The summed E-state index contributed by atoms with van der Waals surface area (Å²) in [6, 6.07) is 14.6. The molecule has 0 saturated heterocycles. The van der Waals surface area contributed by atoms with E-state index in [1.807, 2.05) is 6.07 Å². The molecule has 0 aliphatic heterocycles. The Hall–Kier alpha value is -1.87. The molecule has 110 valence electrons. The molecule has 0 unspecified atom stereocenters. The molecule has 3 heteroatoms. The first-order chi connectivity index (χ1) is 10.2.